The summed E-state index contributed by atoms with van der Waals surface area (Å²) in [6.07, 6.45) is 1.14. The minimum absolute atomic E-state index is 0.0298. The van der Waals surface area contributed by atoms with Crippen molar-refractivity contribution in [3.63, 3.8) is 0 Å². The Labute approximate surface area is 111 Å². The van der Waals surface area contributed by atoms with Crippen LogP contribution in [0.2, 0.25) is 0 Å². The van der Waals surface area contributed by atoms with Gasteiger partial charge in [0.15, 0.2) is 0 Å². The van der Waals surface area contributed by atoms with Gasteiger partial charge in [-0.25, -0.2) is 22.7 Å². The second-order valence-electron chi connectivity index (χ2n) is 3.74. The summed E-state index contributed by atoms with van der Waals surface area (Å²) in [6.45, 7) is 0.282. The van der Waals surface area contributed by atoms with Crippen LogP contribution in [0.1, 0.15) is 6.42 Å². The van der Waals surface area contributed by atoms with E-state index >= 15 is 0 Å². The maximum atomic E-state index is 11.3. The average Bonchev–Trinajstić information content (AvgIpc) is 2.28. The monoisotopic (exact) mass is 297 g/mol. The first-order chi connectivity index (χ1) is 8.76. The van der Waals surface area contributed by atoms with Gasteiger partial charge < -0.3 is 20.5 Å². The molecule has 4 N–H and O–H groups in total. The van der Waals surface area contributed by atoms with E-state index in [1.54, 1.807) is 0 Å². The smallest absolute Gasteiger partial charge is 0.326 e. The van der Waals surface area contributed by atoms with E-state index in [0.717, 1.165) is 6.26 Å². The second kappa shape index (κ2) is 8.67. The fraction of sp³-hybridized carbons (Fsp3) is 0.778. The molecule has 0 saturated carbocycles. The maximum absolute atomic E-state index is 11.3. The summed E-state index contributed by atoms with van der Waals surface area (Å²) in [4.78, 5) is 22.2. The van der Waals surface area contributed by atoms with Crippen molar-refractivity contribution in [2.75, 3.05) is 33.1 Å². The largest absolute Gasteiger partial charge is 0.480 e. The first-order valence-electron chi connectivity index (χ1n) is 5.47. The van der Waals surface area contributed by atoms with Crippen LogP contribution in [0.4, 0.5) is 4.79 Å². The number of carbonyl (C=O) groups is 2. The van der Waals surface area contributed by atoms with E-state index in [4.69, 9.17) is 9.84 Å². The van der Waals surface area contributed by atoms with E-state index in [-0.39, 0.29) is 26.1 Å². The molecular weight excluding hydrogens is 278 g/mol. The van der Waals surface area contributed by atoms with Gasteiger partial charge in [-0.15, -0.1) is 0 Å². The van der Waals surface area contributed by atoms with Gasteiger partial charge in [-0.1, -0.05) is 0 Å². The molecule has 112 valence electrons. The van der Waals surface area contributed by atoms with Gasteiger partial charge in [-0.3, -0.25) is 0 Å². The molecule has 10 heteroatoms. The molecule has 0 aliphatic carbocycles. The molecule has 0 spiro atoms. The van der Waals surface area contributed by atoms with Crippen LogP contribution >= 0.6 is 0 Å². The van der Waals surface area contributed by atoms with Crippen LogP contribution in [0, 0.1) is 0 Å². The van der Waals surface area contributed by atoms with Crippen molar-refractivity contribution < 1.29 is 27.9 Å². The van der Waals surface area contributed by atoms with Crippen molar-refractivity contribution in [2.45, 2.75) is 12.5 Å². The Morgan fingerprint density at radius 1 is 1.32 bits per heavy atom. The Morgan fingerprint density at radius 3 is 2.42 bits per heavy atom. The summed E-state index contributed by atoms with van der Waals surface area (Å²) in [7, 11) is -1.88. The molecule has 0 fully saturated rings. The number of rotatable bonds is 9. The number of sulfonamides is 1. The van der Waals surface area contributed by atoms with E-state index in [0.29, 0.717) is 0 Å². The molecule has 0 radical (unpaired) electrons. The number of carbonyl (C=O) groups excluding carboxylic acids is 1. The molecular formula is C9H19N3O6S. The molecule has 0 rings (SSSR count). The lowest BCUT2D eigenvalue weighted by Gasteiger charge is -2.14. The van der Waals surface area contributed by atoms with Crippen LogP contribution in [0.25, 0.3) is 0 Å². The van der Waals surface area contributed by atoms with Crippen LogP contribution in [0.3, 0.4) is 0 Å². The Bertz CT molecular complexity index is 397. The van der Waals surface area contributed by atoms with Crippen molar-refractivity contribution in [3.8, 4) is 0 Å². The molecule has 1 atom stereocenters. The number of aliphatic carboxylic acids is 1. The zero-order chi connectivity index (χ0) is 14.9. The molecule has 0 heterocycles. The van der Waals surface area contributed by atoms with E-state index in [1.807, 2.05) is 0 Å². The molecule has 0 bridgehead atoms. The van der Waals surface area contributed by atoms with Crippen molar-refractivity contribution >= 4 is 22.0 Å². The van der Waals surface area contributed by atoms with E-state index < -0.39 is 28.1 Å². The fourth-order valence-electron chi connectivity index (χ4n) is 1.11. The number of carboxylic acid groups (broad SMARTS) is 1. The highest BCUT2D eigenvalue weighted by atomic mass is 32.2. The third-order valence-corrected chi connectivity index (χ3v) is 2.72. The van der Waals surface area contributed by atoms with Crippen LogP contribution in [0.15, 0.2) is 0 Å². The third-order valence-electron chi connectivity index (χ3n) is 1.99. The fourth-order valence-corrected chi connectivity index (χ4v) is 1.59. The predicted molar refractivity (Wildman–Crippen MR) is 67.3 cm³/mol. The highest BCUT2D eigenvalue weighted by molar-refractivity contribution is 7.88. The Balaban J connectivity index is 3.96. The van der Waals surface area contributed by atoms with E-state index in [9.17, 15) is 18.0 Å². The van der Waals surface area contributed by atoms with Gasteiger partial charge in [-0.2, -0.15) is 0 Å². The number of ether oxygens (including phenoxy) is 1. The number of nitrogens with one attached hydrogen (secondary N) is 3. The summed E-state index contributed by atoms with van der Waals surface area (Å²) in [5.74, 6) is -1.17. The van der Waals surface area contributed by atoms with Crippen molar-refractivity contribution in [1.29, 1.82) is 0 Å². The van der Waals surface area contributed by atoms with Gasteiger partial charge in [0.2, 0.25) is 10.0 Å². The number of carboxylic acids is 1. The lowest BCUT2D eigenvalue weighted by atomic mass is 10.2. The average molecular weight is 297 g/mol. The molecule has 0 aromatic rings. The van der Waals surface area contributed by atoms with Crippen LogP contribution in [-0.4, -0.2) is 64.6 Å². The summed E-state index contributed by atoms with van der Waals surface area (Å²) in [5.41, 5.74) is 0. The van der Waals surface area contributed by atoms with Crippen molar-refractivity contribution in [3.05, 3.63) is 0 Å². The highest BCUT2D eigenvalue weighted by Gasteiger charge is 2.19. The first-order valence-corrected chi connectivity index (χ1v) is 7.36. The number of hydrogen-bond donors (Lipinski definition) is 4. The summed E-state index contributed by atoms with van der Waals surface area (Å²) >= 11 is 0. The number of hydrogen-bond acceptors (Lipinski definition) is 5. The highest BCUT2D eigenvalue weighted by Crippen LogP contribution is 1.92. The minimum Gasteiger partial charge on any atom is -0.480 e. The van der Waals surface area contributed by atoms with Crippen molar-refractivity contribution in [2.24, 2.45) is 0 Å². The summed E-state index contributed by atoms with van der Waals surface area (Å²) in [6, 6.07) is -1.73. The van der Waals surface area contributed by atoms with Crippen LogP contribution < -0.4 is 15.4 Å². The Morgan fingerprint density at radius 2 is 1.95 bits per heavy atom. The third kappa shape index (κ3) is 10.2. The molecule has 0 aliphatic rings. The predicted octanol–water partition coefficient (Wildman–Crippen LogP) is -1.68. The lowest BCUT2D eigenvalue weighted by Crippen LogP contribution is -2.47. The van der Waals surface area contributed by atoms with Gasteiger partial charge in [0, 0.05) is 33.2 Å². The number of amides is 2. The van der Waals surface area contributed by atoms with Gasteiger partial charge >= 0.3 is 12.0 Å². The molecule has 0 aliphatic heterocycles. The quantitative estimate of drug-likeness (QED) is 0.376. The molecule has 0 aromatic heterocycles. The van der Waals surface area contributed by atoms with Gasteiger partial charge in [0.05, 0.1) is 6.26 Å². The van der Waals surface area contributed by atoms with Crippen molar-refractivity contribution in [1.82, 2.24) is 15.4 Å². The Hall–Kier alpha value is -1.39. The standard InChI is InChI=1S/C9H19N3O6S/c1-18-6-3-7(8(13)14)12-9(15)10-4-5-11-19(2,16)17/h7,11H,3-6H2,1-2H3,(H,13,14)(H2,10,12,15). The summed E-state index contributed by atoms with van der Waals surface area (Å²) < 4.78 is 28.4. The molecule has 9 nitrogen and oxygen atoms in total. The molecule has 1 unspecified atom stereocenters. The van der Waals surface area contributed by atoms with E-state index in [2.05, 4.69) is 15.4 Å². The number of methoxy groups -OCH3 is 1. The van der Waals surface area contributed by atoms with Crippen LogP contribution in [-0.2, 0) is 19.6 Å². The maximum Gasteiger partial charge on any atom is 0.326 e. The van der Waals surface area contributed by atoms with Gasteiger partial charge in [0.25, 0.3) is 0 Å². The zero-order valence-electron chi connectivity index (χ0n) is 10.8. The summed E-state index contributed by atoms with van der Waals surface area (Å²) in [5, 5.41) is 13.4. The van der Waals surface area contributed by atoms with E-state index in [1.165, 1.54) is 7.11 Å². The minimum atomic E-state index is -3.30. The molecule has 19 heavy (non-hydrogen) atoms. The molecule has 0 saturated heterocycles. The first kappa shape index (κ1) is 17.6. The topological polar surface area (TPSA) is 134 Å². The number of urea groups is 1. The SMILES string of the molecule is COCCC(NC(=O)NCCNS(C)(=O)=O)C(=O)O. The second-order valence-corrected chi connectivity index (χ2v) is 5.57. The molecule has 0 aromatic carbocycles. The lowest BCUT2D eigenvalue weighted by molar-refractivity contribution is -0.139. The van der Waals surface area contributed by atoms with Gasteiger partial charge in [-0.05, 0) is 0 Å². The zero-order valence-corrected chi connectivity index (χ0v) is 11.6. The Kier molecular flexibility index (Phi) is 8.03. The van der Waals surface area contributed by atoms with Gasteiger partial charge in [0.1, 0.15) is 6.04 Å². The van der Waals surface area contributed by atoms with Crippen LogP contribution in [0.5, 0.6) is 0 Å². The molecule has 2 amide bonds. The normalized spacial score (nSPS) is 12.7.